The van der Waals surface area contributed by atoms with E-state index in [2.05, 4.69) is 13.8 Å². The fourth-order valence-corrected chi connectivity index (χ4v) is 1.57. The molecule has 0 radical (unpaired) electrons. The molecule has 1 aromatic rings. The summed E-state index contributed by atoms with van der Waals surface area (Å²) >= 11 is 11.9. The van der Waals surface area contributed by atoms with E-state index in [0.29, 0.717) is 16.0 Å². The molecule has 0 aliphatic heterocycles. The molecular formula is C10H13Cl2N. The molecule has 0 bridgehead atoms. The van der Waals surface area contributed by atoms with Gasteiger partial charge in [0, 0.05) is 6.04 Å². The fourth-order valence-electron chi connectivity index (χ4n) is 1.14. The van der Waals surface area contributed by atoms with Crippen molar-refractivity contribution in [2.24, 2.45) is 11.7 Å². The molecule has 0 saturated heterocycles. The Morgan fingerprint density at radius 2 is 1.85 bits per heavy atom. The number of hydrogen-bond acceptors (Lipinski definition) is 1. The summed E-state index contributed by atoms with van der Waals surface area (Å²) in [6.07, 6.45) is 0. The highest BCUT2D eigenvalue weighted by Crippen LogP contribution is 2.31. The van der Waals surface area contributed by atoms with E-state index in [1.807, 2.05) is 12.1 Å². The summed E-state index contributed by atoms with van der Waals surface area (Å²) in [4.78, 5) is 0. The zero-order chi connectivity index (χ0) is 10.0. The summed E-state index contributed by atoms with van der Waals surface area (Å²) in [6, 6.07) is 5.50. The Morgan fingerprint density at radius 1 is 1.23 bits per heavy atom. The first kappa shape index (κ1) is 10.8. The maximum absolute atomic E-state index is 6.02. The van der Waals surface area contributed by atoms with Crippen LogP contribution in [0.1, 0.15) is 25.5 Å². The number of halogens is 2. The molecule has 0 aliphatic carbocycles. The molecule has 0 saturated carbocycles. The number of nitrogens with two attached hydrogens (primary N) is 1. The first-order chi connectivity index (χ1) is 6.04. The van der Waals surface area contributed by atoms with Crippen LogP contribution in [-0.4, -0.2) is 0 Å². The highest BCUT2D eigenvalue weighted by molar-refractivity contribution is 6.42. The minimum Gasteiger partial charge on any atom is -0.324 e. The highest BCUT2D eigenvalue weighted by Gasteiger charge is 2.14. The van der Waals surface area contributed by atoms with Crippen LogP contribution in [0.4, 0.5) is 0 Å². The smallest absolute Gasteiger partial charge is 0.0640 e. The molecule has 0 amide bonds. The zero-order valence-electron chi connectivity index (χ0n) is 7.72. The third kappa shape index (κ3) is 2.37. The largest absolute Gasteiger partial charge is 0.324 e. The van der Waals surface area contributed by atoms with E-state index in [9.17, 15) is 0 Å². The van der Waals surface area contributed by atoms with Gasteiger partial charge >= 0.3 is 0 Å². The van der Waals surface area contributed by atoms with Gasteiger partial charge in [-0.1, -0.05) is 49.2 Å². The minimum absolute atomic E-state index is 0.0498. The maximum atomic E-state index is 6.02. The first-order valence-electron chi connectivity index (χ1n) is 4.23. The summed E-state index contributed by atoms with van der Waals surface area (Å²) in [5, 5.41) is 1.14. The number of rotatable bonds is 2. The lowest BCUT2D eigenvalue weighted by Gasteiger charge is -2.17. The van der Waals surface area contributed by atoms with Crippen molar-refractivity contribution in [2.75, 3.05) is 0 Å². The fraction of sp³-hybridized carbons (Fsp3) is 0.400. The topological polar surface area (TPSA) is 26.0 Å². The predicted octanol–water partition coefficient (Wildman–Crippen LogP) is 3.65. The first-order valence-corrected chi connectivity index (χ1v) is 4.99. The third-order valence-electron chi connectivity index (χ3n) is 2.06. The molecule has 1 atom stereocenters. The van der Waals surface area contributed by atoms with Crippen molar-refractivity contribution in [2.45, 2.75) is 19.9 Å². The molecule has 3 heteroatoms. The third-order valence-corrected chi connectivity index (χ3v) is 2.89. The highest BCUT2D eigenvalue weighted by atomic mass is 35.5. The zero-order valence-corrected chi connectivity index (χ0v) is 9.23. The van der Waals surface area contributed by atoms with Crippen molar-refractivity contribution in [3.8, 4) is 0 Å². The van der Waals surface area contributed by atoms with Crippen LogP contribution in [0, 0.1) is 5.92 Å². The van der Waals surface area contributed by atoms with E-state index in [4.69, 9.17) is 28.9 Å². The van der Waals surface area contributed by atoms with E-state index < -0.39 is 0 Å². The normalized spacial score (nSPS) is 13.4. The van der Waals surface area contributed by atoms with Gasteiger partial charge < -0.3 is 5.73 Å². The Kier molecular flexibility index (Phi) is 3.60. The monoisotopic (exact) mass is 217 g/mol. The molecular weight excluding hydrogens is 205 g/mol. The minimum atomic E-state index is -0.0498. The second-order valence-corrected chi connectivity index (χ2v) is 4.20. The maximum Gasteiger partial charge on any atom is 0.0640 e. The molecule has 1 nitrogen and oxygen atoms in total. The van der Waals surface area contributed by atoms with Gasteiger partial charge in [-0.2, -0.15) is 0 Å². The molecule has 13 heavy (non-hydrogen) atoms. The van der Waals surface area contributed by atoms with Crippen molar-refractivity contribution in [1.82, 2.24) is 0 Å². The molecule has 0 heterocycles. The van der Waals surface area contributed by atoms with Crippen molar-refractivity contribution < 1.29 is 0 Å². The Labute approximate surface area is 88.8 Å². The van der Waals surface area contributed by atoms with Crippen molar-refractivity contribution in [1.29, 1.82) is 0 Å². The Balaban J connectivity index is 3.07. The predicted molar refractivity (Wildman–Crippen MR) is 58.2 cm³/mol. The van der Waals surface area contributed by atoms with Crippen molar-refractivity contribution >= 4 is 23.2 Å². The lowest BCUT2D eigenvalue weighted by atomic mass is 9.97. The molecule has 0 aromatic heterocycles. The lowest BCUT2D eigenvalue weighted by Crippen LogP contribution is -2.17. The molecule has 2 N–H and O–H groups in total. The second-order valence-electron chi connectivity index (χ2n) is 3.41. The van der Waals surface area contributed by atoms with E-state index in [1.54, 1.807) is 6.07 Å². The van der Waals surface area contributed by atoms with Crippen LogP contribution in [0.5, 0.6) is 0 Å². The summed E-state index contributed by atoms with van der Waals surface area (Å²) in [5.74, 6) is 0.357. The van der Waals surface area contributed by atoms with Gasteiger partial charge in [0.1, 0.15) is 0 Å². The van der Waals surface area contributed by atoms with Crippen LogP contribution in [0.25, 0.3) is 0 Å². The molecule has 72 valence electrons. The van der Waals surface area contributed by atoms with Crippen LogP contribution in [0.2, 0.25) is 10.0 Å². The van der Waals surface area contributed by atoms with Crippen LogP contribution in [0.3, 0.4) is 0 Å². The van der Waals surface area contributed by atoms with Gasteiger partial charge in [0.15, 0.2) is 0 Å². The standard InChI is InChI=1S/C10H13Cl2N/c1-6(2)10(13)7-4-3-5-8(11)9(7)12/h3-6,10H,13H2,1-2H3. The number of benzene rings is 1. The van der Waals surface area contributed by atoms with Gasteiger partial charge in [-0.25, -0.2) is 0 Å². The van der Waals surface area contributed by atoms with E-state index in [-0.39, 0.29) is 6.04 Å². The van der Waals surface area contributed by atoms with Gasteiger partial charge in [0.2, 0.25) is 0 Å². The van der Waals surface area contributed by atoms with Crippen molar-refractivity contribution in [3.63, 3.8) is 0 Å². The van der Waals surface area contributed by atoms with Crippen LogP contribution >= 0.6 is 23.2 Å². The lowest BCUT2D eigenvalue weighted by molar-refractivity contribution is 0.514. The summed E-state index contributed by atoms with van der Waals surface area (Å²) in [7, 11) is 0. The Morgan fingerprint density at radius 3 is 2.38 bits per heavy atom. The van der Waals surface area contributed by atoms with Gasteiger partial charge in [0.05, 0.1) is 10.0 Å². The van der Waals surface area contributed by atoms with Crippen LogP contribution in [-0.2, 0) is 0 Å². The SMILES string of the molecule is CC(C)C(N)c1cccc(Cl)c1Cl. The van der Waals surface area contributed by atoms with Crippen molar-refractivity contribution in [3.05, 3.63) is 33.8 Å². The molecule has 1 aromatic carbocycles. The van der Waals surface area contributed by atoms with E-state index >= 15 is 0 Å². The van der Waals surface area contributed by atoms with Crippen LogP contribution < -0.4 is 5.73 Å². The number of hydrogen-bond donors (Lipinski definition) is 1. The summed E-state index contributed by atoms with van der Waals surface area (Å²) < 4.78 is 0. The van der Waals surface area contributed by atoms with E-state index in [0.717, 1.165) is 5.56 Å². The average molecular weight is 218 g/mol. The molecule has 1 unspecified atom stereocenters. The van der Waals surface area contributed by atoms with Gasteiger partial charge in [0.25, 0.3) is 0 Å². The molecule has 0 fully saturated rings. The Hall–Kier alpha value is -0.240. The van der Waals surface area contributed by atoms with E-state index in [1.165, 1.54) is 0 Å². The Bertz CT molecular complexity index is 297. The molecule has 1 rings (SSSR count). The van der Waals surface area contributed by atoms with Gasteiger partial charge in [-0.15, -0.1) is 0 Å². The summed E-state index contributed by atoms with van der Waals surface area (Å²) in [6.45, 7) is 4.11. The quantitative estimate of drug-likeness (QED) is 0.805. The van der Waals surface area contributed by atoms with Gasteiger partial charge in [-0.05, 0) is 17.5 Å². The van der Waals surface area contributed by atoms with Gasteiger partial charge in [-0.3, -0.25) is 0 Å². The molecule has 0 aliphatic rings. The average Bonchev–Trinajstić information content (AvgIpc) is 2.08. The van der Waals surface area contributed by atoms with Crippen LogP contribution in [0.15, 0.2) is 18.2 Å². The second kappa shape index (κ2) is 4.32. The molecule has 0 spiro atoms. The summed E-state index contributed by atoms with van der Waals surface area (Å²) in [5.41, 5.74) is 6.88.